The largest absolute Gasteiger partial charge is 0.497 e. The second-order valence-corrected chi connectivity index (χ2v) is 5.63. The van der Waals surface area contributed by atoms with Gasteiger partial charge in [-0.25, -0.2) is 0 Å². The zero-order chi connectivity index (χ0) is 15.2. The number of carbonyl (C=O) groups is 1. The fourth-order valence-corrected chi connectivity index (χ4v) is 2.36. The van der Waals surface area contributed by atoms with E-state index in [1.165, 1.54) is 0 Å². The van der Waals surface area contributed by atoms with Crippen molar-refractivity contribution in [1.29, 1.82) is 0 Å². The smallest absolute Gasteiger partial charge is 0.137 e. The number of aryl methyl sites for hydroxylation is 1. The molecule has 0 bridgehead atoms. The maximum atomic E-state index is 12.0. The summed E-state index contributed by atoms with van der Waals surface area (Å²) in [4.78, 5) is 12.0. The Hall–Kier alpha value is -1.51. The maximum absolute atomic E-state index is 12.0. The summed E-state index contributed by atoms with van der Waals surface area (Å²) in [6.07, 6.45) is 1.61. The molecule has 0 saturated carbocycles. The summed E-state index contributed by atoms with van der Waals surface area (Å²) >= 11 is 11.8. The third-order valence-corrected chi connectivity index (χ3v) is 3.98. The number of benzene rings is 2. The first-order chi connectivity index (χ1) is 10.1. The van der Waals surface area contributed by atoms with Gasteiger partial charge in [-0.3, -0.25) is 4.79 Å². The molecule has 21 heavy (non-hydrogen) atoms. The van der Waals surface area contributed by atoms with Gasteiger partial charge in [-0.05, 0) is 41.8 Å². The standard InChI is InChI=1S/C17H16Cl2O2/c1-21-15-7-3-12(4-8-15)2-6-14(20)10-13-5-9-16(18)17(19)11-13/h3-5,7-9,11H,2,6,10H2,1H3. The van der Waals surface area contributed by atoms with Crippen molar-refractivity contribution in [3.05, 3.63) is 63.6 Å². The molecule has 2 rings (SSSR count). The van der Waals surface area contributed by atoms with Crippen molar-refractivity contribution in [1.82, 2.24) is 0 Å². The molecule has 0 radical (unpaired) electrons. The number of hydrogen-bond acceptors (Lipinski definition) is 2. The molecule has 0 saturated heterocycles. The average Bonchev–Trinajstić information content (AvgIpc) is 2.49. The van der Waals surface area contributed by atoms with E-state index in [2.05, 4.69) is 0 Å². The van der Waals surface area contributed by atoms with E-state index in [-0.39, 0.29) is 5.78 Å². The van der Waals surface area contributed by atoms with Gasteiger partial charge in [0.25, 0.3) is 0 Å². The van der Waals surface area contributed by atoms with Crippen LogP contribution in [0.2, 0.25) is 10.0 Å². The second kappa shape index (κ2) is 7.48. The van der Waals surface area contributed by atoms with E-state index in [1.807, 2.05) is 30.3 Å². The highest BCUT2D eigenvalue weighted by Crippen LogP contribution is 2.23. The summed E-state index contributed by atoms with van der Waals surface area (Å²) in [6, 6.07) is 13.1. The lowest BCUT2D eigenvalue weighted by Gasteiger charge is -2.05. The minimum Gasteiger partial charge on any atom is -0.497 e. The number of carbonyl (C=O) groups excluding carboxylic acids is 1. The molecule has 0 fully saturated rings. The van der Waals surface area contributed by atoms with Crippen molar-refractivity contribution in [3.63, 3.8) is 0 Å². The molecule has 2 aromatic carbocycles. The second-order valence-electron chi connectivity index (χ2n) is 4.81. The Balaban J connectivity index is 1.87. The number of ether oxygens (including phenoxy) is 1. The lowest BCUT2D eigenvalue weighted by Crippen LogP contribution is -2.04. The van der Waals surface area contributed by atoms with Gasteiger partial charge in [-0.2, -0.15) is 0 Å². The molecule has 0 N–H and O–H groups in total. The van der Waals surface area contributed by atoms with E-state index >= 15 is 0 Å². The van der Waals surface area contributed by atoms with Crippen molar-refractivity contribution >= 4 is 29.0 Å². The molecular formula is C17H16Cl2O2. The van der Waals surface area contributed by atoms with Crippen LogP contribution in [-0.4, -0.2) is 12.9 Å². The zero-order valence-corrected chi connectivity index (χ0v) is 13.2. The van der Waals surface area contributed by atoms with Crippen LogP contribution in [-0.2, 0) is 17.6 Å². The molecule has 2 nitrogen and oxygen atoms in total. The third-order valence-electron chi connectivity index (χ3n) is 3.24. The minimum absolute atomic E-state index is 0.184. The van der Waals surface area contributed by atoms with Gasteiger partial charge >= 0.3 is 0 Å². The summed E-state index contributed by atoms with van der Waals surface area (Å²) < 4.78 is 5.10. The number of ketones is 1. The Kier molecular flexibility index (Phi) is 5.66. The quantitative estimate of drug-likeness (QED) is 0.767. The predicted octanol–water partition coefficient (Wildman–Crippen LogP) is 4.75. The van der Waals surface area contributed by atoms with Crippen LogP contribution in [0.3, 0.4) is 0 Å². The molecule has 0 aliphatic carbocycles. The summed E-state index contributed by atoms with van der Waals surface area (Å²) in [5.41, 5.74) is 2.02. The van der Waals surface area contributed by atoms with Crippen LogP contribution in [0.1, 0.15) is 17.5 Å². The molecule has 4 heteroatoms. The molecule has 0 heterocycles. The van der Waals surface area contributed by atoms with Gasteiger partial charge in [0.05, 0.1) is 17.2 Å². The molecule has 0 unspecified atom stereocenters. The SMILES string of the molecule is COc1ccc(CCC(=O)Cc2ccc(Cl)c(Cl)c2)cc1. The summed E-state index contributed by atoms with van der Waals surface area (Å²) in [7, 11) is 1.63. The third kappa shape index (κ3) is 4.76. The lowest BCUT2D eigenvalue weighted by molar-refractivity contribution is -0.118. The molecule has 0 aromatic heterocycles. The summed E-state index contributed by atoms with van der Waals surface area (Å²) in [6.45, 7) is 0. The van der Waals surface area contributed by atoms with Gasteiger partial charge in [0, 0.05) is 12.8 Å². The lowest BCUT2D eigenvalue weighted by atomic mass is 10.0. The first kappa shape index (κ1) is 15.9. The fourth-order valence-electron chi connectivity index (χ4n) is 2.04. The van der Waals surface area contributed by atoms with Gasteiger partial charge in [-0.1, -0.05) is 41.4 Å². The van der Waals surface area contributed by atoms with Crippen molar-refractivity contribution in [2.24, 2.45) is 0 Å². The van der Waals surface area contributed by atoms with E-state index in [1.54, 1.807) is 19.2 Å². The normalized spacial score (nSPS) is 10.4. The Bertz CT molecular complexity index is 621. The molecule has 0 amide bonds. The highest BCUT2D eigenvalue weighted by molar-refractivity contribution is 6.42. The summed E-state index contributed by atoms with van der Waals surface area (Å²) in [5, 5.41) is 0.989. The maximum Gasteiger partial charge on any atom is 0.137 e. The van der Waals surface area contributed by atoms with Crippen LogP contribution in [0.4, 0.5) is 0 Å². The summed E-state index contributed by atoms with van der Waals surface area (Å²) in [5.74, 6) is 1.00. The topological polar surface area (TPSA) is 26.3 Å². The molecule has 0 atom stereocenters. The Morgan fingerprint density at radius 1 is 1.00 bits per heavy atom. The van der Waals surface area contributed by atoms with E-state index in [0.29, 0.717) is 22.9 Å². The molecule has 0 aliphatic heterocycles. The van der Waals surface area contributed by atoms with Crippen molar-refractivity contribution < 1.29 is 9.53 Å². The molecule has 110 valence electrons. The molecule has 0 spiro atoms. The Labute approximate surface area is 134 Å². The van der Waals surface area contributed by atoms with E-state index in [0.717, 1.165) is 23.3 Å². The number of Topliss-reactive ketones (excluding diaryl/α,β-unsaturated/α-hetero) is 1. The zero-order valence-electron chi connectivity index (χ0n) is 11.7. The van der Waals surface area contributed by atoms with Gasteiger partial charge in [0.15, 0.2) is 0 Å². The van der Waals surface area contributed by atoms with Crippen molar-refractivity contribution in [2.75, 3.05) is 7.11 Å². The van der Waals surface area contributed by atoms with Crippen LogP contribution >= 0.6 is 23.2 Å². The van der Waals surface area contributed by atoms with Crippen LogP contribution in [0.15, 0.2) is 42.5 Å². The van der Waals surface area contributed by atoms with E-state index in [9.17, 15) is 4.79 Å². The van der Waals surface area contributed by atoms with Crippen LogP contribution < -0.4 is 4.74 Å². The highest BCUT2D eigenvalue weighted by atomic mass is 35.5. The first-order valence-corrected chi connectivity index (χ1v) is 7.42. The van der Waals surface area contributed by atoms with Gasteiger partial charge in [0.2, 0.25) is 0 Å². The van der Waals surface area contributed by atoms with Crippen molar-refractivity contribution in [3.8, 4) is 5.75 Å². The predicted molar refractivity (Wildman–Crippen MR) is 86.5 cm³/mol. The van der Waals surface area contributed by atoms with Gasteiger partial charge in [0.1, 0.15) is 11.5 Å². The van der Waals surface area contributed by atoms with E-state index in [4.69, 9.17) is 27.9 Å². The number of hydrogen-bond donors (Lipinski definition) is 0. The minimum atomic E-state index is 0.184. The fraction of sp³-hybridized carbons (Fsp3) is 0.235. The molecular weight excluding hydrogens is 307 g/mol. The van der Waals surface area contributed by atoms with E-state index < -0.39 is 0 Å². The Morgan fingerprint density at radius 2 is 1.67 bits per heavy atom. The van der Waals surface area contributed by atoms with Crippen molar-refractivity contribution in [2.45, 2.75) is 19.3 Å². The Morgan fingerprint density at radius 3 is 2.29 bits per heavy atom. The molecule has 2 aromatic rings. The van der Waals surface area contributed by atoms with Gasteiger partial charge in [-0.15, -0.1) is 0 Å². The van der Waals surface area contributed by atoms with Crippen LogP contribution in [0, 0.1) is 0 Å². The van der Waals surface area contributed by atoms with Gasteiger partial charge < -0.3 is 4.74 Å². The number of methoxy groups -OCH3 is 1. The first-order valence-electron chi connectivity index (χ1n) is 6.67. The molecule has 0 aliphatic rings. The monoisotopic (exact) mass is 322 g/mol. The van der Waals surface area contributed by atoms with Crippen LogP contribution in [0.25, 0.3) is 0 Å². The highest BCUT2D eigenvalue weighted by Gasteiger charge is 2.06. The number of rotatable bonds is 6. The number of halogens is 2. The average molecular weight is 323 g/mol. The van der Waals surface area contributed by atoms with Crippen LogP contribution in [0.5, 0.6) is 5.75 Å².